The van der Waals surface area contributed by atoms with Crippen LogP contribution in [0.25, 0.3) is 0 Å². The quantitative estimate of drug-likeness (QED) is 0.759. The summed E-state index contributed by atoms with van der Waals surface area (Å²) in [5.74, 6) is -0.247. The Labute approximate surface area is 158 Å². The largest absolute Gasteiger partial charge is 0.505 e. The molecule has 1 aliphatic rings. The molecule has 0 saturated carbocycles. The van der Waals surface area contributed by atoms with Crippen LogP contribution in [0.15, 0.2) is 35.5 Å². The van der Waals surface area contributed by atoms with Crippen LogP contribution >= 0.6 is 0 Å². The molecule has 0 unspecified atom stereocenters. The Morgan fingerprint density at radius 1 is 1.30 bits per heavy atom. The standard InChI is InChI=1S/C20H24FN3O3/c1-14-20(26)18(16(13-25)10-23-14)11-22-12-19(24-6-8-27-9-7-24)15-2-4-17(21)5-3-15/h2-5,10-11,19,25-26H,6-9,12-13H2,1H3/t19-/m0/s1. The van der Waals surface area contributed by atoms with E-state index in [-0.39, 0.29) is 24.2 Å². The van der Waals surface area contributed by atoms with Gasteiger partial charge in [-0.15, -0.1) is 0 Å². The lowest BCUT2D eigenvalue weighted by Crippen LogP contribution is -2.40. The fraction of sp³-hybridized carbons (Fsp3) is 0.400. The molecule has 0 spiro atoms. The minimum absolute atomic E-state index is 0.0200. The van der Waals surface area contributed by atoms with Gasteiger partial charge in [0.15, 0.2) is 0 Å². The molecular weight excluding hydrogens is 349 g/mol. The van der Waals surface area contributed by atoms with Crippen LogP contribution in [0, 0.1) is 12.7 Å². The Hall–Kier alpha value is -2.35. The molecule has 144 valence electrons. The van der Waals surface area contributed by atoms with Gasteiger partial charge in [-0.3, -0.25) is 14.9 Å². The van der Waals surface area contributed by atoms with Gasteiger partial charge in [0.05, 0.1) is 38.1 Å². The zero-order valence-electron chi connectivity index (χ0n) is 15.3. The zero-order valence-corrected chi connectivity index (χ0v) is 15.3. The average molecular weight is 373 g/mol. The normalized spacial score (nSPS) is 16.7. The fourth-order valence-corrected chi connectivity index (χ4v) is 3.17. The first kappa shape index (κ1) is 19.4. The van der Waals surface area contributed by atoms with Crippen LogP contribution < -0.4 is 0 Å². The molecule has 1 saturated heterocycles. The van der Waals surface area contributed by atoms with E-state index in [1.54, 1.807) is 25.3 Å². The SMILES string of the molecule is Cc1ncc(CO)c(C=NC[C@@H](c2ccc(F)cc2)N2CCOCC2)c1O. The maximum absolute atomic E-state index is 13.3. The van der Waals surface area contributed by atoms with Gasteiger partial charge in [0, 0.05) is 36.6 Å². The third-order valence-electron chi connectivity index (χ3n) is 4.77. The Morgan fingerprint density at radius 2 is 2.00 bits per heavy atom. The highest BCUT2D eigenvalue weighted by Crippen LogP contribution is 2.25. The number of hydrogen-bond acceptors (Lipinski definition) is 6. The van der Waals surface area contributed by atoms with Gasteiger partial charge in [-0.25, -0.2) is 4.39 Å². The average Bonchev–Trinajstić information content (AvgIpc) is 2.70. The third kappa shape index (κ3) is 4.68. The number of rotatable bonds is 6. The third-order valence-corrected chi connectivity index (χ3v) is 4.77. The van der Waals surface area contributed by atoms with Gasteiger partial charge in [-0.05, 0) is 24.6 Å². The summed E-state index contributed by atoms with van der Waals surface area (Å²) in [5.41, 5.74) is 2.46. The molecule has 1 aliphatic heterocycles. The van der Waals surface area contributed by atoms with Crippen molar-refractivity contribution in [2.45, 2.75) is 19.6 Å². The molecule has 0 bridgehead atoms. The second kappa shape index (κ2) is 9.03. The second-order valence-corrected chi connectivity index (χ2v) is 6.50. The first-order chi connectivity index (χ1) is 13.1. The number of aliphatic hydroxyl groups excluding tert-OH is 1. The van der Waals surface area contributed by atoms with E-state index in [0.717, 1.165) is 18.7 Å². The number of pyridine rings is 1. The Bertz CT molecular complexity index is 790. The summed E-state index contributed by atoms with van der Waals surface area (Å²) < 4.78 is 18.7. The first-order valence-corrected chi connectivity index (χ1v) is 8.95. The highest BCUT2D eigenvalue weighted by atomic mass is 19.1. The highest BCUT2D eigenvalue weighted by molar-refractivity contribution is 5.85. The lowest BCUT2D eigenvalue weighted by atomic mass is 10.0. The number of aryl methyl sites for hydroxylation is 1. The van der Waals surface area contributed by atoms with Crippen molar-refractivity contribution in [2.75, 3.05) is 32.8 Å². The van der Waals surface area contributed by atoms with E-state index < -0.39 is 0 Å². The number of aromatic nitrogens is 1. The lowest BCUT2D eigenvalue weighted by Gasteiger charge is -2.34. The summed E-state index contributed by atoms with van der Waals surface area (Å²) in [7, 11) is 0. The van der Waals surface area contributed by atoms with Gasteiger partial charge in [0.2, 0.25) is 0 Å². The van der Waals surface area contributed by atoms with Crippen molar-refractivity contribution in [1.82, 2.24) is 9.88 Å². The molecule has 1 fully saturated rings. The highest BCUT2D eigenvalue weighted by Gasteiger charge is 2.22. The van der Waals surface area contributed by atoms with Crippen molar-refractivity contribution in [2.24, 2.45) is 4.99 Å². The van der Waals surface area contributed by atoms with Crippen molar-refractivity contribution >= 4 is 6.21 Å². The number of halogens is 1. The van der Waals surface area contributed by atoms with Crippen LogP contribution in [0.1, 0.15) is 28.4 Å². The molecule has 1 atom stereocenters. The molecule has 3 rings (SSSR count). The van der Waals surface area contributed by atoms with E-state index >= 15 is 0 Å². The van der Waals surface area contributed by atoms with Gasteiger partial charge in [0.25, 0.3) is 0 Å². The van der Waals surface area contributed by atoms with E-state index in [1.807, 2.05) is 0 Å². The topological polar surface area (TPSA) is 78.2 Å². The Kier molecular flexibility index (Phi) is 6.49. The smallest absolute Gasteiger partial charge is 0.145 e. The van der Waals surface area contributed by atoms with Crippen molar-refractivity contribution in [3.05, 3.63) is 58.7 Å². The van der Waals surface area contributed by atoms with Crippen LogP contribution in [-0.2, 0) is 11.3 Å². The predicted molar refractivity (Wildman–Crippen MR) is 101 cm³/mol. The molecule has 0 radical (unpaired) electrons. The van der Waals surface area contributed by atoms with Crippen LogP contribution in [0.2, 0.25) is 0 Å². The second-order valence-electron chi connectivity index (χ2n) is 6.50. The molecule has 1 aromatic heterocycles. The van der Waals surface area contributed by atoms with Crippen LogP contribution in [0.3, 0.4) is 0 Å². The minimum Gasteiger partial charge on any atom is -0.505 e. The van der Waals surface area contributed by atoms with Crippen LogP contribution in [-0.4, -0.2) is 59.2 Å². The molecule has 0 aliphatic carbocycles. The van der Waals surface area contributed by atoms with Gasteiger partial charge >= 0.3 is 0 Å². The predicted octanol–water partition coefficient (Wildman–Crippen LogP) is 2.22. The van der Waals surface area contributed by atoms with E-state index in [4.69, 9.17) is 4.74 Å². The van der Waals surface area contributed by atoms with Crippen LogP contribution in [0.4, 0.5) is 4.39 Å². The lowest BCUT2D eigenvalue weighted by molar-refractivity contribution is 0.0180. The van der Waals surface area contributed by atoms with Crippen molar-refractivity contribution < 1.29 is 19.3 Å². The summed E-state index contributed by atoms with van der Waals surface area (Å²) in [6, 6.07) is 6.44. The molecule has 2 N–H and O–H groups in total. The van der Waals surface area contributed by atoms with Gasteiger partial charge < -0.3 is 14.9 Å². The maximum atomic E-state index is 13.3. The number of aliphatic hydroxyl groups is 1. The number of hydrogen-bond donors (Lipinski definition) is 2. The molecule has 0 amide bonds. The summed E-state index contributed by atoms with van der Waals surface area (Å²) in [6.45, 7) is 4.77. The van der Waals surface area contributed by atoms with Gasteiger partial charge in [0.1, 0.15) is 11.6 Å². The molecule has 2 heterocycles. The molecule has 6 nitrogen and oxygen atoms in total. The first-order valence-electron chi connectivity index (χ1n) is 8.95. The van der Waals surface area contributed by atoms with Crippen molar-refractivity contribution in [1.29, 1.82) is 0 Å². The fourth-order valence-electron chi connectivity index (χ4n) is 3.17. The van der Waals surface area contributed by atoms with E-state index in [1.165, 1.54) is 18.3 Å². The Morgan fingerprint density at radius 3 is 2.67 bits per heavy atom. The summed E-state index contributed by atoms with van der Waals surface area (Å²) >= 11 is 0. The van der Waals surface area contributed by atoms with E-state index in [2.05, 4.69) is 14.9 Å². The molecule has 1 aromatic carbocycles. The molecular formula is C20H24FN3O3. The van der Waals surface area contributed by atoms with Gasteiger partial charge in [-0.2, -0.15) is 0 Å². The monoisotopic (exact) mass is 373 g/mol. The van der Waals surface area contributed by atoms with Gasteiger partial charge in [-0.1, -0.05) is 12.1 Å². The minimum atomic E-state index is -0.271. The molecule has 27 heavy (non-hydrogen) atoms. The Balaban J connectivity index is 1.83. The molecule has 7 heteroatoms. The summed E-state index contributed by atoms with van der Waals surface area (Å²) in [5, 5.41) is 19.7. The maximum Gasteiger partial charge on any atom is 0.145 e. The summed E-state index contributed by atoms with van der Waals surface area (Å²) in [4.78, 5) is 10.8. The van der Waals surface area contributed by atoms with Crippen molar-refractivity contribution in [3.63, 3.8) is 0 Å². The molecule has 2 aromatic rings. The van der Waals surface area contributed by atoms with Crippen molar-refractivity contribution in [3.8, 4) is 5.75 Å². The number of ether oxygens (including phenoxy) is 1. The number of aromatic hydroxyl groups is 1. The number of morpholine rings is 1. The number of benzene rings is 1. The zero-order chi connectivity index (χ0) is 19.2. The number of nitrogens with zero attached hydrogens (tertiary/aromatic N) is 3. The van der Waals surface area contributed by atoms with E-state index in [0.29, 0.717) is 36.6 Å². The van der Waals surface area contributed by atoms with E-state index in [9.17, 15) is 14.6 Å². The van der Waals surface area contributed by atoms with Crippen LogP contribution in [0.5, 0.6) is 5.75 Å². The summed E-state index contributed by atoms with van der Waals surface area (Å²) in [6.07, 6.45) is 3.11. The number of aliphatic imine (C=N–C) groups is 1.